The molecule has 5 heteroatoms. The smallest absolute Gasteiger partial charge is 0.250 e. The second-order valence-electron chi connectivity index (χ2n) is 4.31. The molecule has 0 saturated carbocycles. The normalized spacial score (nSPS) is 19.6. The minimum absolute atomic E-state index is 0.0508. The molecular weight excluding hydrogens is 218 g/mol. The van der Waals surface area contributed by atoms with E-state index in [1.54, 1.807) is 18.2 Å². The molecule has 0 radical (unpaired) electrons. The lowest BCUT2D eigenvalue weighted by Crippen LogP contribution is -2.33. The summed E-state index contributed by atoms with van der Waals surface area (Å²) in [6.07, 6.45) is 1.92. The van der Waals surface area contributed by atoms with Gasteiger partial charge in [-0.15, -0.1) is 0 Å². The van der Waals surface area contributed by atoms with Gasteiger partial charge in [0.05, 0.1) is 23.9 Å². The van der Waals surface area contributed by atoms with Gasteiger partial charge >= 0.3 is 0 Å². The second kappa shape index (κ2) is 4.63. The number of carbonyl (C=O) groups is 1. The Kier molecular flexibility index (Phi) is 3.19. The molecule has 1 amide bonds. The summed E-state index contributed by atoms with van der Waals surface area (Å²) in [6.45, 7) is 0.891. The molecule has 0 aromatic heterocycles. The lowest BCUT2D eigenvalue weighted by Gasteiger charge is -2.27. The first-order valence-corrected chi connectivity index (χ1v) is 5.70. The number of nitrogens with two attached hydrogens (primary N) is 2. The standard InChI is InChI=1S/C12H17N3O2/c13-8-3-4-10(12(14)17)11(6-8)15-5-1-2-9(15)7-16/h3-4,6,9,16H,1-2,5,7,13H2,(H2,14,17). The van der Waals surface area contributed by atoms with E-state index in [2.05, 4.69) is 0 Å². The first-order valence-electron chi connectivity index (χ1n) is 5.70. The van der Waals surface area contributed by atoms with Crippen LogP contribution < -0.4 is 16.4 Å². The van der Waals surface area contributed by atoms with Crippen LogP contribution in [0.2, 0.25) is 0 Å². The van der Waals surface area contributed by atoms with Crippen molar-refractivity contribution in [1.29, 1.82) is 0 Å². The maximum absolute atomic E-state index is 11.4. The number of nitrogen functional groups attached to an aromatic ring is 1. The Morgan fingerprint density at radius 1 is 1.53 bits per heavy atom. The van der Waals surface area contributed by atoms with Crippen LogP contribution in [0.25, 0.3) is 0 Å². The van der Waals surface area contributed by atoms with Gasteiger partial charge in [0.1, 0.15) is 0 Å². The first kappa shape index (κ1) is 11.7. The average Bonchev–Trinajstić information content (AvgIpc) is 2.76. The van der Waals surface area contributed by atoms with E-state index in [4.69, 9.17) is 11.5 Å². The lowest BCUT2D eigenvalue weighted by atomic mass is 10.1. The molecule has 1 aromatic carbocycles. The van der Waals surface area contributed by atoms with Gasteiger partial charge in [-0.3, -0.25) is 4.79 Å². The van der Waals surface area contributed by atoms with Crippen molar-refractivity contribution in [2.45, 2.75) is 18.9 Å². The minimum Gasteiger partial charge on any atom is -0.399 e. The Bertz CT molecular complexity index is 434. The van der Waals surface area contributed by atoms with Crippen molar-refractivity contribution in [1.82, 2.24) is 0 Å². The molecule has 2 rings (SSSR count). The van der Waals surface area contributed by atoms with Gasteiger partial charge in [0.15, 0.2) is 0 Å². The number of rotatable bonds is 3. The zero-order valence-corrected chi connectivity index (χ0v) is 9.60. The molecule has 0 spiro atoms. The summed E-state index contributed by atoms with van der Waals surface area (Å²) in [7, 11) is 0. The van der Waals surface area contributed by atoms with Crippen molar-refractivity contribution >= 4 is 17.3 Å². The van der Waals surface area contributed by atoms with E-state index in [-0.39, 0.29) is 12.6 Å². The molecule has 1 aliphatic rings. The van der Waals surface area contributed by atoms with Gasteiger partial charge in [0.25, 0.3) is 5.91 Å². The Morgan fingerprint density at radius 3 is 2.94 bits per heavy atom. The maximum atomic E-state index is 11.4. The molecule has 1 heterocycles. The molecule has 17 heavy (non-hydrogen) atoms. The monoisotopic (exact) mass is 235 g/mol. The summed E-state index contributed by atoms with van der Waals surface area (Å²) in [4.78, 5) is 13.4. The zero-order valence-electron chi connectivity index (χ0n) is 9.60. The number of benzene rings is 1. The van der Waals surface area contributed by atoms with Crippen LogP contribution in [0.15, 0.2) is 18.2 Å². The molecule has 1 saturated heterocycles. The number of anilines is 2. The number of carbonyl (C=O) groups excluding carboxylic acids is 1. The molecule has 92 valence electrons. The number of hydrogen-bond acceptors (Lipinski definition) is 4. The van der Waals surface area contributed by atoms with Gasteiger partial charge < -0.3 is 21.5 Å². The van der Waals surface area contributed by atoms with E-state index < -0.39 is 5.91 Å². The third kappa shape index (κ3) is 2.19. The van der Waals surface area contributed by atoms with Crippen LogP contribution in [0.5, 0.6) is 0 Å². The number of primary amides is 1. The van der Waals surface area contributed by atoms with Gasteiger partial charge in [-0.1, -0.05) is 0 Å². The van der Waals surface area contributed by atoms with Crippen LogP contribution >= 0.6 is 0 Å². The van der Waals surface area contributed by atoms with E-state index in [0.29, 0.717) is 11.3 Å². The zero-order chi connectivity index (χ0) is 12.4. The molecule has 0 bridgehead atoms. The molecule has 5 N–H and O–H groups in total. The van der Waals surface area contributed by atoms with Gasteiger partial charge in [-0.05, 0) is 31.0 Å². The van der Waals surface area contributed by atoms with Crippen LogP contribution in [-0.2, 0) is 0 Å². The molecule has 1 unspecified atom stereocenters. The van der Waals surface area contributed by atoms with Crippen LogP contribution in [0.3, 0.4) is 0 Å². The van der Waals surface area contributed by atoms with Crippen molar-refractivity contribution < 1.29 is 9.90 Å². The van der Waals surface area contributed by atoms with E-state index in [9.17, 15) is 9.90 Å². The van der Waals surface area contributed by atoms with Crippen LogP contribution in [0.1, 0.15) is 23.2 Å². The highest BCUT2D eigenvalue weighted by atomic mass is 16.3. The maximum Gasteiger partial charge on any atom is 0.250 e. The SMILES string of the molecule is NC(=O)c1ccc(N)cc1N1CCCC1CO. The summed E-state index contributed by atoms with van der Waals surface area (Å²) < 4.78 is 0. The van der Waals surface area contributed by atoms with Gasteiger partial charge in [0.2, 0.25) is 0 Å². The molecule has 0 aliphatic carbocycles. The fourth-order valence-electron chi connectivity index (χ4n) is 2.34. The highest BCUT2D eigenvalue weighted by Gasteiger charge is 2.26. The minimum atomic E-state index is -0.469. The van der Waals surface area contributed by atoms with E-state index in [1.807, 2.05) is 4.90 Å². The lowest BCUT2D eigenvalue weighted by molar-refractivity contribution is 0.100. The van der Waals surface area contributed by atoms with Crippen molar-refractivity contribution in [2.75, 3.05) is 23.8 Å². The number of aliphatic hydroxyl groups is 1. The van der Waals surface area contributed by atoms with Gasteiger partial charge in [-0.2, -0.15) is 0 Å². The fraction of sp³-hybridized carbons (Fsp3) is 0.417. The van der Waals surface area contributed by atoms with E-state index in [0.717, 1.165) is 25.1 Å². The molecule has 1 aliphatic heterocycles. The third-order valence-electron chi connectivity index (χ3n) is 3.18. The number of hydrogen-bond donors (Lipinski definition) is 3. The number of aliphatic hydroxyl groups excluding tert-OH is 1. The highest BCUT2D eigenvalue weighted by molar-refractivity contribution is 5.99. The van der Waals surface area contributed by atoms with Gasteiger partial charge in [0, 0.05) is 12.2 Å². The molecule has 1 fully saturated rings. The number of amides is 1. The van der Waals surface area contributed by atoms with E-state index in [1.165, 1.54) is 0 Å². The summed E-state index contributed by atoms with van der Waals surface area (Å²) in [5, 5.41) is 9.31. The summed E-state index contributed by atoms with van der Waals surface area (Å²) in [5.74, 6) is -0.469. The summed E-state index contributed by atoms with van der Waals surface area (Å²) in [5.41, 5.74) is 12.9. The number of nitrogens with zero attached hydrogens (tertiary/aromatic N) is 1. The Morgan fingerprint density at radius 2 is 2.29 bits per heavy atom. The van der Waals surface area contributed by atoms with Crippen molar-refractivity contribution in [3.05, 3.63) is 23.8 Å². The average molecular weight is 235 g/mol. The third-order valence-corrected chi connectivity index (χ3v) is 3.18. The molecule has 5 nitrogen and oxygen atoms in total. The quantitative estimate of drug-likeness (QED) is 0.658. The van der Waals surface area contributed by atoms with Crippen LogP contribution in [0.4, 0.5) is 11.4 Å². The predicted molar refractivity (Wildman–Crippen MR) is 66.8 cm³/mol. The molecule has 1 aromatic rings. The van der Waals surface area contributed by atoms with Gasteiger partial charge in [-0.25, -0.2) is 0 Å². The Labute approximate surface area is 100 Å². The first-order chi connectivity index (χ1) is 8.13. The predicted octanol–water partition coefficient (Wildman–Crippen LogP) is 0.329. The van der Waals surface area contributed by atoms with Crippen molar-refractivity contribution in [3.8, 4) is 0 Å². The summed E-state index contributed by atoms with van der Waals surface area (Å²) in [6, 6.07) is 5.09. The highest BCUT2D eigenvalue weighted by Crippen LogP contribution is 2.30. The van der Waals surface area contributed by atoms with Crippen LogP contribution in [-0.4, -0.2) is 30.2 Å². The summed E-state index contributed by atoms with van der Waals surface area (Å²) >= 11 is 0. The largest absolute Gasteiger partial charge is 0.399 e. The van der Waals surface area contributed by atoms with Crippen molar-refractivity contribution in [3.63, 3.8) is 0 Å². The molecular formula is C12H17N3O2. The Hall–Kier alpha value is -1.75. The van der Waals surface area contributed by atoms with Crippen molar-refractivity contribution in [2.24, 2.45) is 5.73 Å². The van der Waals surface area contributed by atoms with Crippen LogP contribution in [0, 0.1) is 0 Å². The molecule has 1 atom stereocenters. The topological polar surface area (TPSA) is 92.6 Å². The Balaban J connectivity index is 2.42. The van der Waals surface area contributed by atoms with E-state index >= 15 is 0 Å². The second-order valence-corrected chi connectivity index (χ2v) is 4.31. The fourth-order valence-corrected chi connectivity index (χ4v) is 2.34.